The zero-order valence-electron chi connectivity index (χ0n) is 10.4. The molecule has 4 rings (SSSR count). The number of nitrogens with zero attached hydrogens (tertiary/aromatic N) is 3. The molecule has 1 saturated heterocycles. The first kappa shape index (κ1) is 12.3. The van der Waals surface area contributed by atoms with E-state index >= 15 is 0 Å². The largest absolute Gasteiger partial charge is 0.477 e. The lowest BCUT2D eigenvalue weighted by molar-refractivity contribution is -0.145. The fourth-order valence-electron chi connectivity index (χ4n) is 2.73. The number of hydrogen-bond donors (Lipinski definition) is 1. The van der Waals surface area contributed by atoms with E-state index in [0.717, 1.165) is 17.2 Å². The van der Waals surface area contributed by atoms with Gasteiger partial charge in [0.15, 0.2) is 5.70 Å². The smallest absolute Gasteiger partial charge is 0.354 e. The predicted molar refractivity (Wildman–Crippen MR) is 74.8 cm³/mol. The van der Waals surface area contributed by atoms with E-state index in [-0.39, 0.29) is 17.0 Å². The third-order valence-electron chi connectivity index (χ3n) is 3.70. The Bertz CT molecular complexity index is 634. The van der Waals surface area contributed by atoms with Crippen LogP contribution in [-0.4, -0.2) is 42.1 Å². The van der Waals surface area contributed by atoms with Crippen LogP contribution in [0.25, 0.3) is 0 Å². The van der Waals surface area contributed by atoms with Crippen LogP contribution in [0.2, 0.25) is 0 Å². The highest BCUT2D eigenvalue weighted by atomic mass is 32.2. The number of hydrogen-bond acceptors (Lipinski definition) is 5. The number of rotatable bonds is 3. The van der Waals surface area contributed by atoms with Crippen molar-refractivity contribution in [3.05, 3.63) is 28.2 Å². The van der Waals surface area contributed by atoms with Gasteiger partial charge < -0.3 is 9.67 Å². The third kappa shape index (κ3) is 1.71. The van der Waals surface area contributed by atoms with E-state index in [1.165, 1.54) is 22.4 Å². The Balaban J connectivity index is 1.56. The summed E-state index contributed by atoms with van der Waals surface area (Å²) in [6.45, 7) is 0.843. The molecule has 0 saturated carbocycles. The molecule has 2 atom stereocenters. The average Bonchev–Trinajstić information content (AvgIpc) is 3.00. The summed E-state index contributed by atoms with van der Waals surface area (Å²) >= 11 is 3.09. The number of carbonyl (C=O) groups is 2. The SMILES string of the molecule is O=C(O)C1=C(SC2Cc3cncn3C2)S[C@@H]2CC(=O)N12. The van der Waals surface area contributed by atoms with E-state index in [0.29, 0.717) is 11.7 Å². The van der Waals surface area contributed by atoms with Crippen LogP contribution in [0.1, 0.15) is 12.1 Å². The van der Waals surface area contributed by atoms with Crippen LogP contribution in [0.3, 0.4) is 0 Å². The number of amides is 1. The monoisotopic (exact) mass is 309 g/mol. The van der Waals surface area contributed by atoms with E-state index < -0.39 is 5.97 Å². The molecule has 1 fully saturated rings. The standard InChI is InChI=1S/C12H11N3O3S2/c16-8-2-9-15(8)10(11(17)18)12(20-9)19-7-1-6-3-13-5-14(6)4-7/h3,5,7,9H,1-2,4H2,(H,17,18)/t7?,9-/m1/s1. The Morgan fingerprint density at radius 3 is 3.05 bits per heavy atom. The van der Waals surface area contributed by atoms with Crippen molar-refractivity contribution >= 4 is 35.4 Å². The number of β-lactam (4-membered cyclic amide) rings is 1. The third-order valence-corrected chi connectivity index (χ3v) is 6.39. The summed E-state index contributed by atoms with van der Waals surface area (Å²) in [4.78, 5) is 28.4. The van der Waals surface area contributed by atoms with Crippen molar-refractivity contribution in [2.45, 2.75) is 30.0 Å². The number of carbonyl (C=O) groups excluding carboxylic acids is 1. The molecule has 4 heterocycles. The molecule has 0 bridgehead atoms. The van der Waals surface area contributed by atoms with Gasteiger partial charge in [0.2, 0.25) is 5.91 Å². The number of fused-ring (bicyclic) bond motifs is 2. The molecule has 1 unspecified atom stereocenters. The maximum atomic E-state index is 11.5. The summed E-state index contributed by atoms with van der Waals surface area (Å²) in [6.07, 6.45) is 4.99. The maximum Gasteiger partial charge on any atom is 0.354 e. The van der Waals surface area contributed by atoms with Crippen molar-refractivity contribution in [1.82, 2.24) is 14.5 Å². The fraction of sp³-hybridized carbons (Fsp3) is 0.417. The molecule has 0 aliphatic carbocycles. The summed E-state index contributed by atoms with van der Waals surface area (Å²) in [5, 5.41) is 9.65. The Morgan fingerprint density at radius 1 is 1.50 bits per heavy atom. The number of aromatic nitrogens is 2. The van der Waals surface area contributed by atoms with Gasteiger partial charge in [-0.3, -0.25) is 9.69 Å². The van der Waals surface area contributed by atoms with E-state index in [1.54, 1.807) is 18.1 Å². The molecule has 8 heteroatoms. The normalized spacial score (nSPS) is 27.6. The average molecular weight is 309 g/mol. The van der Waals surface area contributed by atoms with Crippen molar-refractivity contribution in [3.8, 4) is 0 Å². The van der Waals surface area contributed by atoms with Gasteiger partial charge in [0.1, 0.15) is 0 Å². The highest BCUT2D eigenvalue weighted by molar-refractivity contribution is 8.23. The van der Waals surface area contributed by atoms with E-state index in [9.17, 15) is 14.7 Å². The molecule has 1 amide bonds. The lowest BCUT2D eigenvalue weighted by Gasteiger charge is -2.33. The Morgan fingerprint density at radius 2 is 2.35 bits per heavy atom. The van der Waals surface area contributed by atoms with Gasteiger partial charge in [0.25, 0.3) is 0 Å². The lowest BCUT2D eigenvalue weighted by Crippen LogP contribution is -2.48. The molecule has 3 aliphatic heterocycles. The van der Waals surface area contributed by atoms with Crippen LogP contribution in [0, 0.1) is 0 Å². The quantitative estimate of drug-likeness (QED) is 0.843. The van der Waals surface area contributed by atoms with Gasteiger partial charge in [0.05, 0.1) is 22.4 Å². The summed E-state index contributed by atoms with van der Waals surface area (Å²) in [6, 6.07) is 0. The highest BCUT2D eigenvalue weighted by Gasteiger charge is 2.49. The summed E-state index contributed by atoms with van der Waals surface area (Å²) in [5.41, 5.74) is 1.36. The topological polar surface area (TPSA) is 75.4 Å². The van der Waals surface area contributed by atoms with Gasteiger partial charge >= 0.3 is 5.97 Å². The van der Waals surface area contributed by atoms with Crippen molar-refractivity contribution in [2.24, 2.45) is 0 Å². The van der Waals surface area contributed by atoms with Crippen LogP contribution >= 0.6 is 23.5 Å². The Hall–Kier alpha value is -1.41. The molecular formula is C12H11N3O3S2. The second-order valence-electron chi connectivity index (χ2n) is 4.96. The highest BCUT2D eigenvalue weighted by Crippen LogP contribution is 2.52. The van der Waals surface area contributed by atoms with E-state index in [1.807, 2.05) is 6.20 Å². The van der Waals surface area contributed by atoms with Crippen molar-refractivity contribution in [1.29, 1.82) is 0 Å². The Kier molecular flexibility index (Phi) is 2.65. The molecule has 0 spiro atoms. The second-order valence-corrected chi connectivity index (χ2v) is 7.72. The predicted octanol–water partition coefficient (Wildman–Crippen LogP) is 1.10. The molecule has 1 N–H and O–H groups in total. The summed E-state index contributed by atoms with van der Waals surface area (Å²) in [7, 11) is 0. The summed E-state index contributed by atoms with van der Waals surface area (Å²) < 4.78 is 2.87. The molecule has 1 aromatic rings. The second kappa shape index (κ2) is 4.29. The molecule has 6 nitrogen and oxygen atoms in total. The molecular weight excluding hydrogens is 298 g/mol. The maximum absolute atomic E-state index is 11.5. The zero-order chi connectivity index (χ0) is 13.9. The molecule has 3 aliphatic rings. The minimum absolute atomic E-state index is 0.00177. The molecule has 0 radical (unpaired) electrons. The van der Waals surface area contributed by atoms with Crippen LogP contribution in [0.5, 0.6) is 0 Å². The van der Waals surface area contributed by atoms with Crippen molar-refractivity contribution in [2.75, 3.05) is 0 Å². The van der Waals surface area contributed by atoms with Crippen LogP contribution in [0.15, 0.2) is 22.5 Å². The zero-order valence-corrected chi connectivity index (χ0v) is 12.0. The molecule has 1 aromatic heterocycles. The van der Waals surface area contributed by atoms with Gasteiger partial charge in [-0.05, 0) is 0 Å². The van der Waals surface area contributed by atoms with Crippen molar-refractivity contribution in [3.63, 3.8) is 0 Å². The Labute approximate surface area is 123 Å². The first-order chi connectivity index (χ1) is 9.63. The minimum Gasteiger partial charge on any atom is -0.477 e. The van der Waals surface area contributed by atoms with Gasteiger partial charge in [0, 0.05) is 30.1 Å². The molecule has 104 valence electrons. The fourth-order valence-corrected chi connectivity index (χ4v) is 5.88. The van der Waals surface area contributed by atoms with E-state index in [2.05, 4.69) is 9.55 Å². The van der Waals surface area contributed by atoms with Gasteiger partial charge in [-0.15, -0.1) is 11.8 Å². The molecule has 20 heavy (non-hydrogen) atoms. The van der Waals surface area contributed by atoms with Crippen LogP contribution in [-0.2, 0) is 22.6 Å². The van der Waals surface area contributed by atoms with Gasteiger partial charge in [-0.2, -0.15) is 0 Å². The first-order valence-corrected chi connectivity index (χ1v) is 8.01. The van der Waals surface area contributed by atoms with Crippen molar-refractivity contribution < 1.29 is 14.7 Å². The number of carboxylic acids is 1. The summed E-state index contributed by atoms with van der Waals surface area (Å²) in [5.74, 6) is -1.09. The minimum atomic E-state index is -1.00. The van der Waals surface area contributed by atoms with E-state index in [4.69, 9.17) is 0 Å². The van der Waals surface area contributed by atoms with Crippen LogP contribution in [0.4, 0.5) is 0 Å². The van der Waals surface area contributed by atoms with Crippen LogP contribution < -0.4 is 0 Å². The number of carboxylic acid groups (broad SMARTS) is 1. The number of thioether (sulfide) groups is 2. The molecule has 0 aromatic carbocycles. The number of aliphatic carboxylic acids is 1. The lowest BCUT2D eigenvalue weighted by atomic mass is 10.2. The first-order valence-electron chi connectivity index (χ1n) is 6.25. The van der Waals surface area contributed by atoms with Gasteiger partial charge in [-0.25, -0.2) is 9.78 Å². The van der Waals surface area contributed by atoms with Gasteiger partial charge in [-0.1, -0.05) is 11.8 Å². The number of imidazole rings is 1.